The molecule has 2 aromatic heterocycles. The van der Waals surface area contributed by atoms with Crippen molar-refractivity contribution in [3.63, 3.8) is 0 Å². The fourth-order valence-corrected chi connectivity index (χ4v) is 8.15. The SMILES string of the molecule is COc1c(C)c[n+](-c2nc3cc4c(cc3[nH]2)C(C)(C)C(=O)C4(C)C)c(CSSc2ccccc2Cl)c1C. The van der Waals surface area contributed by atoms with E-state index >= 15 is 0 Å². The van der Waals surface area contributed by atoms with E-state index in [9.17, 15) is 4.79 Å². The van der Waals surface area contributed by atoms with E-state index in [0.29, 0.717) is 0 Å². The summed E-state index contributed by atoms with van der Waals surface area (Å²) in [6.07, 6.45) is 2.07. The molecule has 0 aliphatic heterocycles. The minimum absolute atomic E-state index is 0.244. The summed E-state index contributed by atoms with van der Waals surface area (Å²) in [6.45, 7) is 12.2. The van der Waals surface area contributed by atoms with Crippen LogP contribution in [0.3, 0.4) is 0 Å². The van der Waals surface area contributed by atoms with Crippen molar-refractivity contribution in [1.29, 1.82) is 0 Å². The van der Waals surface area contributed by atoms with Crippen molar-refractivity contribution in [3.8, 4) is 11.7 Å². The Kier molecular flexibility index (Phi) is 6.62. The van der Waals surface area contributed by atoms with Crippen molar-refractivity contribution in [1.82, 2.24) is 9.97 Å². The van der Waals surface area contributed by atoms with Crippen molar-refractivity contribution < 1.29 is 14.1 Å². The first kappa shape index (κ1) is 26.1. The van der Waals surface area contributed by atoms with E-state index in [0.717, 1.165) is 66.3 Å². The zero-order valence-corrected chi connectivity index (χ0v) is 24.5. The topological polar surface area (TPSA) is 58.9 Å². The first-order valence-corrected chi connectivity index (χ1v) is 14.9. The Bertz CT molecular complexity index is 1500. The highest BCUT2D eigenvalue weighted by atomic mass is 35.5. The average molecular weight is 553 g/mol. The molecule has 0 saturated carbocycles. The lowest BCUT2D eigenvalue weighted by Crippen LogP contribution is -2.38. The molecule has 0 saturated heterocycles. The highest BCUT2D eigenvalue weighted by Gasteiger charge is 2.50. The third-order valence-corrected chi connectivity index (χ3v) is 10.2. The molecule has 1 aliphatic carbocycles. The summed E-state index contributed by atoms with van der Waals surface area (Å²) in [7, 11) is 5.09. The molecule has 2 aromatic carbocycles. The van der Waals surface area contributed by atoms with Crippen LogP contribution in [0.4, 0.5) is 0 Å². The van der Waals surface area contributed by atoms with Gasteiger partial charge in [0.1, 0.15) is 17.0 Å². The summed E-state index contributed by atoms with van der Waals surface area (Å²) in [4.78, 5) is 22.7. The zero-order chi connectivity index (χ0) is 26.7. The van der Waals surface area contributed by atoms with Crippen molar-refractivity contribution in [3.05, 3.63) is 75.6 Å². The van der Waals surface area contributed by atoms with Crippen LogP contribution in [0.1, 0.15) is 55.6 Å². The number of hydrogen-bond donors (Lipinski definition) is 1. The molecule has 0 fully saturated rings. The fraction of sp³-hybridized carbons (Fsp3) is 0.345. The smallest absolute Gasteiger partial charge is 0.402 e. The van der Waals surface area contributed by atoms with Gasteiger partial charge in [-0.1, -0.05) is 50.3 Å². The van der Waals surface area contributed by atoms with Crippen LogP contribution in [0.5, 0.6) is 5.75 Å². The van der Waals surface area contributed by atoms with E-state index in [1.807, 2.05) is 58.9 Å². The molecule has 5 nitrogen and oxygen atoms in total. The number of carbonyl (C=O) groups excluding carboxylic acids is 1. The lowest BCUT2D eigenvalue weighted by Gasteiger charge is -2.21. The number of aromatic amines is 1. The lowest BCUT2D eigenvalue weighted by atomic mass is 9.80. The van der Waals surface area contributed by atoms with E-state index < -0.39 is 10.8 Å². The summed E-state index contributed by atoms with van der Waals surface area (Å²) >= 11 is 6.37. The van der Waals surface area contributed by atoms with Crippen LogP contribution in [0.15, 0.2) is 47.5 Å². The van der Waals surface area contributed by atoms with Crippen LogP contribution in [-0.4, -0.2) is 22.9 Å². The van der Waals surface area contributed by atoms with Crippen LogP contribution in [0.2, 0.25) is 5.02 Å². The Hall–Kier alpha value is -2.48. The maximum Gasteiger partial charge on any atom is 0.402 e. The number of aryl methyl sites for hydroxylation is 1. The number of aromatic nitrogens is 3. The number of methoxy groups -OCH3 is 1. The Morgan fingerprint density at radius 3 is 2.43 bits per heavy atom. The van der Waals surface area contributed by atoms with E-state index in [4.69, 9.17) is 21.3 Å². The van der Waals surface area contributed by atoms with Crippen LogP contribution in [0, 0.1) is 13.8 Å². The fourth-order valence-electron chi connectivity index (χ4n) is 5.50. The summed E-state index contributed by atoms with van der Waals surface area (Å²) in [6, 6.07) is 12.1. The van der Waals surface area contributed by atoms with Gasteiger partial charge in [0.15, 0.2) is 11.3 Å². The molecule has 2 heterocycles. The maximum atomic E-state index is 13.1. The minimum Gasteiger partial charge on any atom is -0.496 e. The number of pyridine rings is 1. The zero-order valence-electron chi connectivity index (χ0n) is 22.2. The molecule has 0 unspecified atom stereocenters. The van der Waals surface area contributed by atoms with Gasteiger partial charge in [0.05, 0.1) is 24.1 Å². The Balaban J connectivity index is 1.58. The quantitative estimate of drug-likeness (QED) is 0.202. The Labute approximate surface area is 230 Å². The number of nitrogens with one attached hydrogen (secondary N) is 1. The average Bonchev–Trinajstić information content (AvgIpc) is 3.32. The van der Waals surface area contributed by atoms with E-state index in [1.165, 1.54) is 0 Å². The maximum absolute atomic E-state index is 13.1. The molecule has 37 heavy (non-hydrogen) atoms. The number of halogens is 1. The number of H-pyrrole nitrogens is 1. The predicted molar refractivity (Wildman–Crippen MR) is 153 cm³/mol. The van der Waals surface area contributed by atoms with Crippen LogP contribution >= 0.6 is 33.2 Å². The number of Topliss-reactive ketones (excluding diaryl/α,β-unsaturated/α-hetero) is 1. The molecule has 0 radical (unpaired) electrons. The van der Waals surface area contributed by atoms with Crippen LogP contribution < -0.4 is 9.30 Å². The second kappa shape index (κ2) is 9.37. The highest BCUT2D eigenvalue weighted by Crippen LogP contribution is 2.47. The van der Waals surface area contributed by atoms with Gasteiger partial charge in [-0.3, -0.25) is 4.79 Å². The highest BCUT2D eigenvalue weighted by molar-refractivity contribution is 8.76. The number of carbonyl (C=O) groups is 1. The molecule has 1 N–H and O–H groups in total. The molecule has 192 valence electrons. The first-order valence-electron chi connectivity index (χ1n) is 12.2. The number of ether oxygens (including phenoxy) is 1. The Morgan fingerprint density at radius 2 is 1.76 bits per heavy atom. The molecule has 0 amide bonds. The first-order chi connectivity index (χ1) is 17.5. The van der Waals surface area contributed by atoms with Crippen molar-refractivity contribution >= 4 is 50.0 Å². The standard InChI is InChI=1S/C29H31ClN3O2S2/c1-16-14-33(23(17(2)25(16)35-7)15-36-37-24-11-9-8-10-20(24)30)27-31-21-12-18-19(13-22(21)32-27)29(5,6)26(34)28(18,3)4/h8-14H,15H2,1-7H3,(H,31,32)/q+1. The van der Waals surface area contributed by atoms with Gasteiger partial charge in [0.25, 0.3) is 0 Å². The van der Waals surface area contributed by atoms with Crippen molar-refractivity contribution in [2.75, 3.05) is 7.11 Å². The number of nitrogens with zero attached hydrogens (tertiary/aromatic N) is 2. The molecule has 0 spiro atoms. The summed E-state index contributed by atoms with van der Waals surface area (Å²) < 4.78 is 7.87. The summed E-state index contributed by atoms with van der Waals surface area (Å²) in [5.41, 5.74) is 6.05. The molecular formula is C29H31ClN3O2S2+. The van der Waals surface area contributed by atoms with E-state index in [1.54, 1.807) is 28.7 Å². The molecule has 8 heteroatoms. The van der Waals surface area contributed by atoms with Gasteiger partial charge in [0, 0.05) is 26.9 Å². The molecule has 5 rings (SSSR count). The second-order valence-electron chi connectivity index (χ2n) is 10.6. The number of imidazole rings is 1. The van der Waals surface area contributed by atoms with E-state index in [-0.39, 0.29) is 5.78 Å². The lowest BCUT2D eigenvalue weighted by molar-refractivity contribution is -0.611. The summed E-state index contributed by atoms with van der Waals surface area (Å²) in [5, 5.41) is 0.751. The number of rotatable bonds is 6. The molecule has 1 aliphatic rings. The largest absolute Gasteiger partial charge is 0.496 e. The third-order valence-electron chi connectivity index (χ3n) is 7.45. The Morgan fingerprint density at radius 1 is 1.08 bits per heavy atom. The predicted octanol–water partition coefficient (Wildman–Crippen LogP) is 7.20. The van der Waals surface area contributed by atoms with Gasteiger partial charge in [0.2, 0.25) is 0 Å². The van der Waals surface area contributed by atoms with Crippen molar-refractivity contribution in [2.24, 2.45) is 0 Å². The van der Waals surface area contributed by atoms with E-state index in [2.05, 4.69) is 34.8 Å². The normalized spacial score (nSPS) is 15.8. The summed E-state index contributed by atoms with van der Waals surface area (Å²) in [5.74, 6) is 2.59. The number of hydrogen-bond acceptors (Lipinski definition) is 5. The van der Waals surface area contributed by atoms with Crippen molar-refractivity contribution in [2.45, 2.75) is 63.0 Å². The van der Waals surface area contributed by atoms with Gasteiger partial charge in [-0.05, 0) is 76.9 Å². The van der Waals surface area contributed by atoms with Crippen LogP contribution in [-0.2, 0) is 21.4 Å². The van der Waals surface area contributed by atoms with Gasteiger partial charge >= 0.3 is 5.95 Å². The number of fused-ring (bicyclic) bond motifs is 2. The third kappa shape index (κ3) is 4.25. The number of ketones is 1. The molecular weight excluding hydrogens is 522 g/mol. The van der Waals surface area contributed by atoms with Gasteiger partial charge in [-0.2, -0.15) is 0 Å². The molecule has 4 aromatic rings. The number of benzene rings is 2. The van der Waals surface area contributed by atoms with Gasteiger partial charge in [-0.25, -0.2) is 9.55 Å². The minimum atomic E-state index is -0.537. The molecule has 0 atom stereocenters. The van der Waals surface area contributed by atoms with Crippen LogP contribution in [0.25, 0.3) is 17.0 Å². The molecule has 0 bridgehead atoms. The second-order valence-corrected chi connectivity index (χ2v) is 13.4. The van der Waals surface area contributed by atoms with Gasteiger partial charge < -0.3 is 4.74 Å². The monoisotopic (exact) mass is 552 g/mol. The van der Waals surface area contributed by atoms with Gasteiger partial charge in [-0.15, -0.1) is 0 Å².